The van der Waals surface area contributed by atoms with Crippen LogP contribution in [-0.4, -0.2) is 44.1 Å². The maximum absolute atomic E-state index is 12.2. The van der Waals surface area contributed by atoms with Gasteiger partial charge in [-0.3, -0.25) is 14.6 Å². The second-order valence-electron chi connectivity index (χ2n) is 4.34. The van der Waals surface area contributed by atoms with E-state index in [1.165, 1.54) is 7.11 Å². The first-order chi connectivity index (χ1) is 10.1. The Morgan fingerprint density at radius 3 is 2.33 bits per heavy atom. The number of hydrogen-bond donors (Lipinski definition) is 1. The van der Waals surface area contributed by atoms with Gasteiger partial charge in [-0.05, 0) is 24.1 Å². The fraction of sp³-hybridized carbons (Fsp3) is 0.400. The van der Waals surface area contributed by atoms with E-state index in [0.717, 1.165) is 0 Å². The topological polar surface area (TPSA) is 91.5 Å². The van der Waals surface area contributed by atoms with Crippen molar-refractivity contribution in [2.24, 2.45) is 5.73 Å². The Kier molecular flexibility index (Phi) is 7.28. The zero-order valence-corrected chi connectivity index (χ0v) is 12.3. The first kappa shape index (κ1) is 17.0. The Labute approximate surface area is 124 Å². The average molecular weight is 292 g/mol. The van der Waals surface area contributed by atoms with Crippen LogP contribution in [0.2, 0.25) is 0 Å². The molecule has 6 heteroatoms. The lowest BCUT2D eigenvalue weighted by atomic mass is 9.96. The van der Waals surface area contributed by atoms with Crippen LogP contribution in [0.4, 0.5) is 0 Å². The van der Waals surface area contributed by atoms with Crippen molar-refractivity contribution in [3.63, 3.8) is 0 Å². The van der Waals surface area contributed by atoms with Crippen molar-refractivity contribution in [3.05, 3.63) is 35.7 Å². The summed E-state index contributed by atoms with van der Waals surface area (Å²) in [5, 5.41) is 0. The van der Waals surface area contributed by atoms with E-state index in [0.29, 0.717) is 24.3 Å². The van der Waals surface area contributed by atoms with Crippen LogP contribution in [0.15, 0.2) is 30.0 Å². The summed E-state index contributed by atoms with van der Waals surface area (Å²) in [4.78, 5) is 28.1. The van der Waals surface area contributed by atoms with Crippen LogP contribution < -0.4 is 5.73 Å². The van der Waals surface area contributed by atoms with Gasteiger partial charge in [-0.25, -0.2) is 0 Å². The van der Waals surface area contributed by atoms with Crippen LogP contribution >= 0.6 is 0 Å². The summed E-state index contributed by atoms with van der Waals surface area (Å²) in [6.07, 6.45) is 2.07. The second-order valence-corrected chi connectivity index (χ2v) is 4.34. The Morgan fingerprint density at radius 1 is 1.14 bits per heavy atom. The van der Waals surface area contributed by atoms with Gasteiger partial charge in [-0.1, -0.05) is 6.07 Å². The number of ketones is 1. The standard InChI is InChI=1S/C15H20N2O4/c1-20-9-6-11(12-5-3-4-8-17-12)14(15(16)19)13(18)7-10-21-2/h3-5,8H,6-7,9-10H2,1-2H3,(H2,16,19). The van der Waals surface area contributed by atoms with Crippen LogP contribution in [0.5, 0.6) is 0 Å². The van der Waals surface area contributed by atoms with Crippen molar-refractivity contribution in [1.29, 1.82) is 0 Å². The van der Waals surface area contributed by atoms with Gasteiger partial charge in [0.05, 0.1) is 24.5 Å². The van der Waals surface area contributed by atoms with Gasteiger partial charge in [0.25, 0.3) is 5.91 Å². The number of methoxy groups -OCH3 is 2. The van der Waals surface area contributed by atoms with Gasteiger partial charge in [0, 0.05) is 26.8 Å². The van der Waals surface area contributed by atoms with Crippen LogP contribution in [0.25, 0.3) is 5.57 Å². The minimum absolute atomic E-state index is 0.0252. The smallest absolute Gasteiger partial charge is 0.252 e. The Morgan fingerprint density at radius 2 is 1.81 bits per heavy atom. The Bertz CT molecular complexity index is 512. The highest BCUT2D eigenvalue weighted by Gasteiger charge is 2.22. The number of nitrogens with zero attached hydrogens (tertiary/aromatic N) is 1. The van der Waals surface area contributed by atoms with E-state index in [9.17, 15) is 9.59 Å². The molecule has 0 aromatic carbocycles. The molecule has 2 N–H and O–H groups in total. The predicted molar refractivity (Wildman–Crippen MR) is 78.3 cm³/mol. The number of carbonyl (C=O) groups excluding carboxylic acids is 2. The summed E-state index contributed by atoms with van der Waals surface area (Å²) >= 11 is 0. The number of aromatic nitrogens is 1. The number of hydrogen-bond acceptors (Lipinski definition) is 5. The van der Waals surface area contributed by atoms with E-state index in [1.54, 1.807) is 31.5 Å². The molecule has 0 radical (unpaired) electrons. The summed E-state index contributed by atoms with van der Waals surface area (Å²) in [6, 6.07) is 5.28. The number of amides is 1. The first-order valence-electron chi connectivity index (χ1n) is 6.57. The summed E-state index contributed by atoms with van der Waals surface area (Å²) in [5.41, 5.74) is 6.42. The van der Waals surface area contributed by atoms with Crippen molar-refractivity contribution < 1.29 is 19.1 Å². The number of carbonyl (C=O) groups is 2. The van der Waals surface area contributed by atoms with Gasteiger partial charge in [-0.15, -0.1) is 0 Å². The zero-order valence-electron chi connectivity index (χ0n) is 12.3. The number of rotatable bonds is 9. The van der Waals surface area contributed by atoms with Gasteiger partial charge < -0.3 is 15.2 Å². The highest BCUT2D eigenvalue weighted by atomic mass is 16.5. The van der Waals surface area contributed by atoms with Crippen LogP contribution in [0.1, 0.15) is 18.5 Å². The Hall–Kier alpha value is -2.05. The molecule has 0 fully saturated rings. The number of primary amides is 1. The minimum Gasteiger partial charge on any atom is -0.384 e. The molecule has 0 atom stereocenters. The molecule has 1 amide bonds. The molecule has 0 aliphatic carbocycles. The molecule has 0 spiro atoms. The van der Waals surface area contributed by atoms with Gasteiger partial charge in [0.15, 0.2) is 5.78 Å². The van der Waals surface area contributed by atoms with Crippen LogP contribution in [-0.2, 0) is 19.1 Å². The Balaban J connectivity index is 3.25. The summed E-state index contributed by atoms with van der Waals surface area (Å²) in [6.45, 7) is 0.593. The molecule has 0 unspecified atom stereocenters. The van der Waals surface area contributed by atoms with Crippen molar-refractivity contribution in [3.8, 4) is 0 Å². The molecule has 1 aromatic heterocycles. The summed E-state index contributed by atoms with van der Waals surface area (Å²) < 4.78 is 9.91. The van der Waals surface area contributed by atoms with Crippen molar-refractivity contribution in [1.82, 2.24) is 4.98 Å². The van der Waals surface area contributed by atoms with Crippen molar-refractivity contribution >= 4 is 17.3 Å². The molecule has 0 saturated carbocycles. The van der Waals surface area contributed by atoms with E-state index < -0.39 is 5.91 Å². The molecule has 0 saturated heterocycles. The molecule has 21 heavy (non-hydrogen) atoms. The number of nitrogens with two attached hydrogens (primary N) is 1. The van der Waals surface area contributed by atoms with Crippen molar-refractivity contribution in [2.75, 3.05) is 27.4 Å². The largest absolute Gasteiger partial charge is 0.384 e. The SMILES string of the molecule is COCCC(=O)C(C(N)=O)=C(CCOC)c1ccccn1. The maximum atomic E-state index is 12.2. The molecule has 0 aliphatic rings. The van der Waals surface area contributed by atoms with Gasteiger partial charge in [-0.2, -0.15) is 0 Å². The normalized spacial score (nSPS) is 11.9. The van der Waals surface area contributed by atoms with Gasteiger partial charge >= 0.3 is 0 Å². The molecule has 1 rings (SSSR count). The fourth-order valence-corrected chi connectivity index (χ4v) is 1.90. The first-order valence-corrected chi connectivity index (χ1v) is 6.57. The molecule has 6 nitrogen and oxygen atoms in total. The zero-order chi connectivity index (χ0) is 15.7. The van der Waals surface area contributed by atoms with Gasteiger partial charge in [0.1, 0.15) is 0 Å². The van der Waals surface area contributed by atoms with E-state index in [1.807, 2.05) is 0 Å². The molecule has 114 valence electrons. The van der Waals surface area contributed by atoms with E-state index in [-0.39, 0.29) is 24.4 Å². The highest BCUT2D eigenvalue weighted by molar-refractivity contribution is 6.23. The predicted octanol–water partition coefficient (Wildman–Crippen LogP) is 0.963. The second kappa shape index (κ2) is 8.99. The monoisotopic (exact) mass is 292 g/mol. The summed E-state index contributed by atoms with van der Waals surface area (Å²) in [5.74, 6) is -1.10. The number of pyridine rings is 1. The molecule has 0 aliphatic heterocycles. The molecule has 1 heterocycles. The lowest BCUT2D eigenvalue weighted by Gasteiger charge is -2.12. The molecule has 1 aromatic rings. The van der Waals surface area contributed by atoms with E-state index >= 15 is 0 Å². The van der Waals surface area contributed by atoms with E-state index in [2.05, 4.69) is 4.98 Å². The van der Waals surface area contributed by atoms with E-state index in [4.69, 9.17) is 15.2 Å². The quantitative estimate of drug-likeness (QED) is 0.416. The molecule has 0 bridgehead atoms. The molecular weight excluding hydrogens is 272 g/mol. The summed E-state index contributed by atoms with van der Waals surface area (Å²) in [7, 11) is 3.04. The lowest BCUT2D eigenvalue weighted by Crippen LogP contribution is -2.24. The average Bonchev–Trinajstić information content (AvgIpc) is 2.49. The molecular formula is C15H20N2O4. The third-order valence-corrected chi connectivity index (χ3v) is 2.89. The van der Waals surface area contributed by atoms with Gasteiger partial charge in [0.2, 0.25) is 0 Å². The van der Waals surface area contributed by atoms with Crippen molar-refractivity contribution in [2.45, 2.75) is 12.8 Å². The highest BCUT2D eigenvalue weighted by Crippen LogP contribution is 2.22. The third-order valence-electron chi connectivity index (χ3n) is 2.89. The number of Topliss-reactive ketones (excluding diaryl/α,β-unsaturated/α-hetero) is 1. The fourth-order valence-electron chi connectivity index (χ4n) is 1.90. The van der Waals surface area contributed by atoms with Crippen LogP contribution in [0.3, 0.4) is 0 Å². The maximum Gasteiger partial charge on any atom is 0.252 e. The van der Waals surface area contributed by atoms with Crippen LogP contribution in [0, 0.1) is 0 Å². The minimum atomic E-state index is -0.757. The number of ether oxygens (including phenoxy) is 2. The third kappa shape index (κ3) is 5.09. The lowest BCUT2D eigenvalue weighted by molar-refractivity contribution is -0.121.